The molecule has 0 N–H and O–H groups in total. The molecule has 0 bridgehead atoms. The van der Waals surface area contributed by atoms with Gasteiger partial charge in [-0.15, -0.1) is 0 Å². The largest absolute Gasteiger partial charge is 0.319 e. The lowest BCUT2D eigenvalue weighted by Gasteiger charge is -2.42. The van der Waals surface area contributed by atoms with Crippen LogP contribution in [-0.4, -0.2) is 11.8 Å². The van der Waals surface area contributed by atoms with Crippen LogP contribution in [0.4, 0.5) is 0 Å². The summed E-state index contributed by atoms with van der Waals surface area (Å²) in [5, 5.41) is 1.30. The van der Waals surface area contributed by atoms with Crippen LogP contribution in [0.3, 0.4) is 0 Å². The molecule has 2 heteroatoms. The van der Waals surface area contributed by atoms with E-state index in [1.54, 1.807) is 16.7 Å². The van der Waals surface area contributed by atoms with E-state index in [4.69, 9.17) is 0 Å². The molecule has 3 rings (SSSR count). The molecule has 0 heterocycles. The highest BCUT2D eigenvalue weighted by atomic mass is 31.2. The van der Waals surface area contributed by atoms with Gasteiger partial charge in [0.1, 0.15) is 7.14 Å². The van der Waals surface area contributed by atoms with Crippen molar-refractivity contribution in [2.75, 3.05) is 6.66 Å². The van der Waals surface area contributed by atoms with E-state index in [9.17, 15) is 4.57 Å². The summed E-state index contributed by atoms with van der Waals surface area (Å²) < 4.78 is 13.6. The molecule has 118 valence electrons. The maximum atomic E-state index is 13.6. The predicted molar refractivity (Wildman–Crippen MR) is 92.4 cm³/mol. The minimum Gasteiger partial charge on any atom is -0.319 e. The highest BCUT2D eigenvalue weighted by Gasteiger charge is 2.41. The average Bonchev–Trinajstić information content (AvgIpc) is 2.45. The van der Waals surface area contributed by atoms with Crippen molar-refractivity contribution < 1.29 is 4.57 Å². The minimum atomic E-state index is -2.26. The van der Waals surface area contributed by atoms with Crippen molar-refractivity contribution in [1.82, 2.24) is 0 Å². The molecule has 0 aromatic carbocycles. The van der Waals surface area contributed by atoms with E-state index in [1.165, 1.54) is 56.7 Å². The van der Waals surface area contributed by atoms with Gasteiger partial charge < -0.3 is 4.57 Å². The van der Waals surface area contributed by atoms with Gasteiger partial charge in [0, 0.05) is 5.16 Å². The highest BCUT2D eigenvalue weighted by molar-refractivity contribution is 7.68. The molecule has 2 saturated carbocycles. The second kappa shape index (κ2) is 5.41. The number of allylic oxidation sites excluding steroid dienone is 4. The first kappa shape index (κ1) is 15.6. The van der Waals surface area contributed by atoms with Crippen LogP contribution in [0.1, 0.15) is 78.6 Å². The van der Waals surface area contributed by atoms with Crippen LogP contribution in [0, 0.1) is 5.92 Å². The molecule has 0 spiro atoms. The number of hydrogen-bond donors (Lipinski definition) is 0. The SMILES string of the molecule is CC(C)(C)[P@@](C)(=O)C1=C2CCCCC2=C2CCCC[C@@H]2C1. The van der Waals surface area contributed by atoms with Crippen LogP contribution in [0.5, 0.6) is 0 Å². The molecule has 0 radical (unpaired) electrons. The second-order valence-electron chi connectivity index (χ2n) is 8.38. The number of hydrogen-bond acceptors (Lipinski definition) is 1. The van der Waals surface area contributed by atoms with Crippen LogP contribution in [0.15, 0.2) is 22.0 Å². The molecule has 2 atom stereocenters. The van der Waals surface area contributed by atoms with E-state index >= 15 is 0 Å². The molecule has 0 unspecified atom stereocenters. The monoisotopic (exact) mass is 306 g/mol. The summed E-state index contributed by atoms with van der Waals surface area (Å²) in [5.41, 5.74) is 4.99. The summed E-state index contributed by atoms with van der Waals surface area (Å²) in [4.78, 5) is 0. The third-order valence-electron chi connectivity index (χ3n) is 6.18. The zero-order chi connectivity index (χ0) is 15.3. The summed E-state index contributed by atoms with van der Waals surface area (Å²) >= 11 is 0. The molecule has 0 amide bonds. The van der Waals surface area contributed by atoms with E-state index in [2.05, 4.69) is 27.4 Å². The van der Waals surface area contributed by atoms with Crippen molar-refractivity contribution >= 4 is 7.14 Å². The molecule has 1 nitrogen and oxygen atoms in total. The highest BCUT2D eigenvalue weighted by Crippen LogP contribution is 2.67. The predicted octanol–water partition coefficient (Wildman–Crippen LogP) is 6.50. The van der Waals surface area contributed by atoms with Crippen molar-refractivity contribution in [2.24, 2.45) is 5.92 Å². The van der Waals surface area contributed by atoms with Crippen molar-refractivity contribution in [3.8, 4) is 0 Å². The average molecular weight is 306 g/mol. The quantitative estimate of drug-likeness (QED) is 0.505. The molecular weight excluding hydrogens is 275 g/mol. The Morgan fingerprint density at radius 3 is 2.24 bits per heavy atom. The maximum Gasteiger partial charge on any atom is 0.114 e. The molecule has 0 aliphatic heterocycles. The van der Waals surface area contributed by atoms with E-state index < -0.39 is 7.14 Å². The van der Waals surface area contributed by atoms with Gasteiger partial charge in [0.25, 0.3) is 0 Å². The van der Waals surface area contributed by atoms with Gasteiger partial charge in [0.05, 0.1) is 0 Å². The summed E-state index contributed by atoms with van der Waals surface area (Å²) in [7, 11) is -2.26. The lowest BCUT2D eigenvalue weighted by molar-refractivity contribution is 0.431. The summed E-state index contributed by atoms with van der Waals surface area (Å²) in [6.45, 7) is 8.58. The van der Waals surface area contributed by atoms with Gasteiger partial charge in [-0.1, -0.05) is 32.8 Å². The maximum absolute atomic E-state index is 13.6. The molecular formula is C19H31OP. The van der Waals surface area contributed by atoms with E-state index in [1.807, 2.05) is 0 Å². The Hall–Kier alpha value is -0.290. The van der Waals surface area contributed by atoms with E-state index in [0.717, 1.165) is 12.3 Å². The Bertz CT molecular complexity index is 544. The first-order chi connectivity index (χ1) is 9.82. The van der Waals surface area contributed by atoms with Crippen molar-refractivity contribution in [3.63, 3.8) is 0 Å². The lowest BCUT2D eigenvalue weighted by atomic mass is 9.71. The third-order valence-corrected chi connectivity index (χ3v) is 10.2. The fourth-order valence-electron chi connectivity index (χ4n) is 4.48. The van der Waals surface area contributed by atoms with Gasteiger partial charge in [-0.3, -0.25) is 0 Å². The third kappa shape index (κ3) is 2.61. The molecule has 0 aromatic rings. The fraction of sp³-hybridized carbons (Fsp3) is 0.789. The van der Waals surface area contributed by atoms with Gasteiger partial charge >= 0.3 is 0 Å². The Morgan fingerprint density at radius 1 is 0.952 bits per heavy atom. The normalized spacial score (nSPS) is 29.8. The molecule has 3 aliphatic carbocycles. The van der Waals surface area contributed by atoms with E-state index in [-0.39, 0.29) is 5.16 Å². The standard InChI is InChI=1S/C19H31OP/c1-19(2,3)21(4,20)18-13-14-9-5-6-10-15(14)16-11-7-8-12-17(16)18/h14H,5-13H2,1-4H3/t14-,21+/m1/s1. The smallest absolute Gasteiger partial charge is 0.114 e. The summed E-state index contributed by atoms with van der Waals surface area (Å²) in [6, 6.07) is 0. The van der Waals surface area contributed by atoms with Crippen LogP contribution >= 0.6 is 7.14 Å². The van der Waals surface area contributed by atoms with Crippen LogP contribution in [0.25, 0.3) is 0 Å². The Labute approximate surface area is 130 Å². The number of rotatable bonds is 1. The minimum absolute atomic E-state index is 0.0932. The van der Waals surface area contributed by atoms with Crippen molar-refractivity contribution in [1.29, 1.82) is 0 Å². The van der Waals surface area contributed by atoms with Crippen LogP contribution in [0.2, 0.25) is 0 Å². The zero-order valence-electron chi connectivity index (χ0n) is 14.3. The molecule has 0 saturated heterocycles. The first-order valence-electron chi connectivity index (χ1n) is 8.85. The van der Waals surface area contributed by atoms with Crippen molar-refractivity contribution in [3.05, 3.63) is 22.0 Å². The van der Waals surface area contributed by atoms with Gasteiger partial charge in [-0.05, 0) is 80.4 Å². The molecule has 3 aliphatic rings. The Morgan fingerprint density at radius 2 is 1.57 bits per heavy atom. The van der Waals surface area contributed by atoms with Gasteiger partial charge in [-0.25, -0.2) is 0 Å². The zero-order valence-corrected chi connectivity index (χ0v) is 15.2. The van der Waals surface area contributed by atoms with Gasteiger partial charge in [-0.2, -0.15) is 0 Å². The molecule has 0 aromatic heterocycles. The second-order valence-corrected chi connectivity index (χ2v) is 12.1. The van der Waals surface area contributed by atoms with Crippen LogP contribution < -0.4 is 0 Å². The Kier molecular flexibility index (Phi) is 4.02. The lowest BCUT2D eigenvalue weighted by Crippen LogP contribution is -2.24. The molecule has 21 heavy (non-hydrogen) atoms. The fourth-order valence-corrected chi connectivity index (χ4v) is 6.62. The van der Waals surface area contributed by atoms with Gasteiger partial charge in [0.15, 0.2) is 0 Å². The topological polar surface area (TPSA) is 17.1 Å². The van der Waals surface area contributed by atoms with Crippen LogP contribution in [-0.2, 0) is 4.57 Å². The van der Waals surface area contributed by atoms with E-state index in [0.29, 0.717) is 0 Å². The summed E-state index contributed by atoms with van der Waals surface area (Å²) in [5.74, 6) is 0.723. The number of fused-ring (bicyclic) bond motifs is 2. The summed E-state index contributed by atoms with van der Waals surface area (Å²) in [6.07, 6.45) is 11.6. The molecule has 2 fully saturated rings. The van der Waals surface area contributed by atoms with Crippen molar-refractivity contribution in [2.45, 2.75) is 83.7 Å². The van der Waals surface area contributed by atoms with Gasteiger partial charge in [0.2, 0.25) is 0 Å². The Balaban J connectivity index is 2.12. The first-order valence-corrected chi connectivity index (χ1v) is 11.0.